The highest BCUT2D eigenvalue weighted by Gasteiger charge is 2.06. The molecule has 0 bridgehead atoms. The number of halogens is 1. The van der Waals surface area contributed by atoms with E-state index in [4.69, 9.17) is 11.6 Å². The van der Waals surface area contributed by atoms with Crippen molar-refractivity contribution in [3.63, 3.8) is 0 Å². The van der Waals surface area contributed by atoms with Gasteiger partial charge in [-0.3, -0.25) is 4.79 Å². The normalized spacial score (nSPS) is 9.69. The summed E-state index contributed by atoms with van der Waals surface area (Å²) in [5, 5.41) is 4.83. The van der Waals surface area contributed by atoms with E-state index < -0.39 is 0 Å². The van der Waals surface area contributed by atoms with E-state index in [2.05, 4.69) is 24.5 Å². The molecule has 0 spiro atoms. The zero-order chi connectivity index (χ0) is 9.84. The van der Waals surface area contributed by atoms with Gasteiger partial charge in [-0.1, -0.05) is 18.2 Å². The minimum absolute atomic E-state index is 0.146. The third kappa shape index (κ3) is 3.42. The van der Waals surface area contributed by atoms with Crippen LogP contribution in [-0.4, -0.2) is 12.5 Å². The Bertz CT molecular complexity index is 335. The summed E-state index contributed by atoms with van der Waals surface area (Å²) in [6.45, 7) is 3.76. The van der Waals surface area contributed by atoms with E-state index in [0.717, 1.165) is 4.90 Å². The molecule has 0 saturated heterocycles. The number of carbonyl (C=O) groups excluding carboxylic acids is 1. The number of nitrogens with one attached hydrogen (secondary N) is 1. The number of rotatable bonds is 3. The van der Waals surface area contributed by atoms with E-state index >= 15 is 0 Å². The Kier molecular flexibility index (Phi) is 3.84. The summed E-state index contributed by atoms with van der Waals surface area (Å²) < 4.78 is 0. The Morgan fingerprint density at radius 1 is 1.77 bits per heavy atom. The van der Waals surface area contributed by atoms with Crippen LogP contribution < -0.4 is 5.32 Å². The Morgan fingerprint density at radius 3 is 2.92 bits per heavy atom. The maximum atomic E-state index is 11.3. The number of hydrogen-bond donors (Lipinski definition) is 2. The van der Waals surface area contributed by atoms with Crippen molar-refractivity contribution < 1.29 is 4.79 Å². The molecule has 0 aliphatic rings. The van der Waals surface area contributed by atoms with Gasteiger partial charge in [0.1, 0.15) is 0 Å². The van der Waals surface area contributed by atoms with Gasteiger partial charge in [-0.25, -0.2) is 0 Å². The fourth-order valence-corrected chi connectivity index (χ4v) is 1.84. The van der Waals surface area contributed by atoms with Crippen LogP contribution in [0.1, 0.15) is 9.67 Å². The molecular weight excluding hydrogens is 226 g/mol. The third-order valence-electron chi connectivity index (χ3n) is 1.25. The summed E-state index contributed by atoms with van der Waals surface area (Å²) in [5.74, 6) is -0.146. The molecule has 0 aromatic carbocycles. The zero-order valence-electron chi connectivity index (χ0n) is 6.71. The van der Waals surface area contributed by atoms with Crippen molar-refractivity contribution in [3.8, 4) is 0 Å². The van der Waals surface area contributed by atoms with Gasteiger partial charge < -0.3 is 5.32 Å². The Hall–Kier alpha value is -0.450. The first-order valence-corrected chi connectivity index (χ1v) is 5.19. The van der Waals surface area contributed by atoms with E-state index in [0.29, 0.717) is 16.5 Å². The van der Waals surface area contributed by atoms with Crippen LogP contribution in [0.4, 0.5) is 0 Å². The van der Waals surface area contributed by atoms with Gasteiger partial charge in [-0.2, -0.15) is 0 Å². The largest absolute Gasteiger partial charge is 0.346 e. The van der Waals surface area contributed by atoms with Gasteiger partial charge in [-0.05, 0) is 6.07 Å². The van der Waals surface area contributed by atoms with Crippen LogP contribution in [0, 0.1) is 0 Å². The van der Waals surface area contributed by atoms with Crippen LogP contribution in [0.25, 0.3) is 0 Å². The highest BCUT2D eigenvalue weighted by molar-refractivity contribution is 7.80. The lowest BCUT2D eigenvalue weighted by molar-refractivity contribution is 0.0961. The number of hydrogen-bond acceptors (Lipinski definition) is 3. The average molecular weight is 234 g/mol. The van der Waals surface area contributed by atoms with Gasteiger partial charge in [0.15, 0.2) is 0 Å². The van der Waals surface area contributed by atoms with Crippen molar-refractivity contribution in [2.24, 2.45) is 0 Å². The van der Waals surface area contributed by atoms with Crippen LogP contribution in [0.5, 0.6) is 0 Å². The molecule has 0 unspecified atom stereocenters. The number of thiophene rings is 1. The van der Waals surface area contributed by atoms with E-state index in [1.165, 1.54) is 11.3 Å². The van der Waals surface area contributed by atoms with E-state index in [-0.39, 0.29) is 5.91 Å². The standard InChI is InChI=1S/C8H8ClNOS2/c1-5(9)3-10-8(11)7-2-6(12)4-13-7/h2,4,12H,1,3H2,(H,10,11). The van der Waals surface area contributed by atoms with Crippen molar-refractivity contribution >= 4 is 41.5 Å². The molecule has 1 heterocycles. The molecule has 5 heteroatoms. The molecule has 2 nitrogen and oxygen atoms in total. The monoisotopic (exact) mass is 233 g/mol. The van der Waals surface area contributed by atoms with Gasteiger partial charge in [0.25, 0.3) is 5.91 Å². The van der Waals surface area contributed by atoms with Crippen LogP contribution in [0.3, 0.4) is 0 Å². The molecule has 1 amide bonds. The molecule has 13 heavy (non-hydrogen) atoms. The fraction of sp³-hybridized carbons (Fsp3) is 0.125. The molecule has 1 rings (SSSR count). The number of thiol groups is 1. The molecule has 0 atom stereocenters. The lowest BCUT2D eigenvalue weighted by atomic mass is 10.4. The van der Waals surface area contributed by atoms with Crippen molar-refractivity contribution in [2.75, 3.05) is 6.54 Å². The summed E-state index contributed by atoms with van der Waals surface area (Å²) in [6, 6.07) is 1.71. The summed E-state index contributed by atoms with van der Waals surface area (Å²) >= 11 is 10.9. The second-order valence-corrected chi connectivity index (χ2v) is 4.33. The highest BCUT2D eigenvalue weighted by atomic mass is 35.5. The minimum atomic E-state index is -0.146. The lowest BCUT2D eigenvalue weighted by Crippen LogP contribution is -2.23. The molecule has 0 fully saturated rings. The summed E-state index contributed by atoms with van der Waals surface area (Å²) in [7, 11) is 0. The Balaban J connectivity index is 2.54. The lowest BCUT2D eigenvalue weighted by Gasteiger charge is -1.99. The first-order chi connectivity index (χ1) is 6.09. The molecule has 70 valence electrons. The van der Waals surface area contributed by atoms with E-state index in [9.17, 15) is 4.79 Å². The molecule has 1 aromatic heterocycles. The zero-order valence-corrected chi connectivity index (χ0v) is 9.18. The highest BCUT2D eigenvalue weighted by Crippen LogP contribution is 2.17. The fourth-order valence-electron chi connectivity index (χ4n) is 0.709. The second kappa shape index (κ2) is 4.69. The SMILES string of the molecule is C=C(Cl)CNC(=O)c1cc(S)cs1. The molecule has 0 aliphatic heterocycles. The van der Waals surface area contributed by atoms with Gasteiger partial charge in [0.2, 0.25) is 0 Å². The summed E-state index contributed by atoms with van der Waals surface area (Å²) in [5.41, 5.74) is 0. The predicted octanol–water partition coefficient (Wildman–Crippen LogP) is 2.52. The average Bonchev–Trinajstić information content (AvgIpc) is 2.47. The molecular formula is C8H8ClNOS2. The van der Waals surface area contributed by atoms with Crippen molar-refractivity contribution in [3.05, 3.63) is 27.9 Å². The Labute approximate surface area is 91.0 Å². The third-order valence-corrected chi connectivity index (χ3v) is 2.75. The molecule has 0 saturated carbocycles. The first kappa shape index (κ1) is 10.6. The first-order valence-electron chi connectivity index (χ1n) is 3.48. The van der Waals surface area contributed by atoms with Crippen molar-refractivity contribution in [1.82, 2.24) is 5.32 Å². The maximum absolute atomic E-state index is 11.3. The number of amides is 1. The summed E-state index contributed by atoms with van der Waals surface area (Å²) in [4.78, 5) is 12.7. The Morgan fingerprint density at radius 2 is 2.46 bits per heavy atom. The minimum Gasteiger partial charge on any atom is -0.346 e. The van der Waals surface area contributed by atoms with Crippen LogP contribution >= 0.6 is 35.6 Å². The van der Waals surface area contributed by atoms with E-state index in [1.807, 2.05) is 0 Å². The topological polar surface area (TPSA) is 29.1 Å². The smallest absolute Gasteiger partial charge is 0.261 e. The van der Waals surface area contributed by atoms with Crippen LogP contribution in [0.15, 0.2) is 28.0 Å². The summed E-state index contributed by atoms with van der Waals surface area (Å²) in [6.07, 6.45) is 0. The van der Waals surface area contributed by atoms with Gasteiger partial charge in [0, 0.05) is 15.3 Å². The van der Waals surface area contributed by atoms with Gasteiger partial charge >= 0.3 is 0 Å². The molecule has 0 aliphatic carbocycles. The molecule has 0 radical (unpaired) electrons. The van der Waals surface area contributed by atoms with Crippen LogP contribution in [-0.2, 0) is 0 Å². The maximum Gasteiger partial charge on any atom is 0.261 e. The van der Waals surface area contributed by atoms with Gasteiger partial charge in [-0.15, -0.1) is 24.0 Å². The van der Waals surface area contributed by atoms with Crippen molar-refractivity contribution in [1.29, 1.82) is 0 Å². The molecule has 1 N–H and O–H groups in total. The van der Waals surface area contributed by atoms with Gasteiger partial charge in [0.05, 0.1) is 11.4 Å². The van der Waals surface area contributed by atoms with Crippen LogP contribution in [0.2, 0.25) is 0 Å². The number of carbonyl (C=O) groups is 1. The quantitative estimate of drug-likeness (QED) is 0.772. The second-order valence-electron chi connectivity index (χ2n) is 2.37. The van der Waals surface area contributed by atoms with E-state index in [1.54, 1.807) is 11.4 Å². The van der Waals surface area contributed by atoms with Crippen molar-refractivity contribution in [2.45, 2.75) is 4.90 Å². The predicted molar refractivity (Wildman–Crippen MR) is 58.9 cm³/mol. The molecule has 1 aromatic rings.